The number of amides is 1. The predicted octanol–water partition coefficient (Wildman–Crippen LogP) is 5.00. The van der Waals surface area contributed by atoms with Crippen LogP contribution < -0.4 is 4.74 Å². The average Bonchev–Trinajstić information content (AvgIpc) is 3.43. The van der Waals surface area contributed by atoms with Crippen molar-refractivity contribution in [3.63, 3.8) is 0 Å². The molecule has 0 spiro atoms. The van der Waals surface area contributed by atoms with Crippen molar-refractivity contribution >= 4 is 5.91 Å². The summed E-state index contributed by atoms with van der Waals surface area (Å²) in [4.78, 5) is 16.7. The number of hydrogen-bond acceptors (Lipinski definition) is 5. The predicted molar refractivity (Wildman–Crippen MR) is 132 cm³/mol. The number of piperidine rings is 1. The highest BCUT2D eigenvalue weighted by molar-refractivity contribution is 5.94. The van der Waals surface area contributed by atoms with Crippen molar-refractivity contribution in [1.82, 2.24) is 20.0 Å². The van der Waals surface area contributed by atoms with E-state index in [-0.39, 0.29) is 5.91 Å². The Morgan fingerprint density at radius 2 is 1.68 bits per heavy atom. The van der Waals surface area contributed by atoms with Gasteiger partial charge in [0.05, 0.1) is 12.3 Å². The van der Waals surface area contributed by atoms with E-state index < -0.39 is 5.67 Å². The SMILES string of the molecule is CCC(F)(CC)CN1CCC(COc2ccc(-c3ccc(C(=O)N4CCCC4)cc3)nn2)CC1. The summed E-state index contributed by atoms with van der Waals surface area (Å²) >= 11 is 0. The molecule has 1 aromatic carbocycles. The third-order valence-electron chi connectivity index (χ3n) is 7.41. The van der Waals surface area contributed by atoms with Gasteiger partial charge in [-0.05, 0) is 75.7 Å². The number of carbonyl (C=O) groups excluding carboxylic acids is 1. The quantitative estimate of drug-likeness (QED) is 0.518. The summed E-state index contributed by atoms with van der Waals surface area (Å²) in [7, 11) is 0. The van der Waals surface area contributed by atoms with Gasteiger partial charge in [0.15, 0.2) is 0 Å². The number of ether oxygens (including phenoxy) is 1. The summed E-state index contributed by atoms with van der Waals surface area (Å²) in [6.07, 6.45) is 5.34. The molecule has 0 saturated carbocycles. The normalized spacial score (nSPS) is 17.8. The van der Waals surface area contributed by atoms with Crippen LogP contribution in [0, 0.1) is 5.92 Å². The summed E-state index contributed by atoms with van der Waals surface area (Å²) in [6, 6.07) is 11.3. The summed E-state index contributed by atoms with van der Waals surface area (Å²) in [5.74, 6) is 1.08. The maximum atomic E-state index is 14.7. The lowest BCUT2D eigenvalue weighted by Crippen LogP contribution is -2.44. The van der Waals surface area contributed by atoms with Crippen molar-refractivity contribution in [1.29, 1.82) is 0 Å². The van der Waals surface area contributed by atoms with E-state index in [0.29, 0.717) is 43.4 Å². The molecule has 0 unspecified atom stereocenters. The number of carbonyl (C=O) groups is 1. The first-order valence-electron chi connectivity index (χ1n) is 12.8. The fraction of sp³-hybridized carbons (Fsp3) is 0.593. The van der Waals surface area contributed by atoms with Gasteiger partial charge in [-0.1, -0.05) is 26.0 Å². The van der Waals surface area contributed by atoms with Crippen LogP contribution in [0.3, 0.4) is 0 Å². The summed E-state index contributed by atoms with van der Waals surface area (Å²) in [5, 5.41) is 8.55. The number of halogens is 1. The molecule has 3 heterocycles. The van der Waals surface area contributed by atoms with Gasteiger partial charge in [-0.3, -0.25) is 4.79 Å². The molecule has 1 amide bonds. The molecule has 6 nitrogen and oxygen atoms in total. The molecule has 2 aromatic rings. The smallest absolute Gasteiger partial charge is 0.253 e. The van der Waals surface area contributed by atoms with E-state index in [1.807, 2.05) is 55.1 Å². The Hall–Kier alpha value is -2.54. The minimum absolute atomic E-state index is 0.101. The Morgan fingerprint density at radius 1 is 1.00 bits per heavy atom. The Bertz CT molecular complexity index is 917. The lowest BCUT2D eigenvalue weighted by atomic mass is 9.94. The monoisotopic (exact) mass is 468 g/mol. The van der Waals surface area contributed by atoms with Crippen LogP contribution in [-0.4, -0.2) is 70.9 Å². The maximum absolute atomic E-state index is 14.7. The second kappa shape index (κ2) is 11.3. The van der Waals surface area contributed by atoms with Crippen LogP contribution in [0.2, 0.25) is 0 Å². The number of rotatable bonds is 9. The van der Waals surface area contributed by atoms with E-state index in [1.54, 1.807) is 0 Å². The van der Waals surface area contributed by atoms with Crippen LogP contribution in [0.1, 0.15) is 62.7 Å². The average molecular weight is 469 g/mol. The zero-order valence-electron chi connectivity index (χ0n) is 20.5. The fourth-order valence-corrected chi connectivity index (χ4v) is 4.83. The largest absolute Gasteiger partial charge is 0.476 e. The molecule has 7 heteroatoms. The standard InChI is InChI=1S/C27H37FN4O2/c1-3-27(28,4-2)20-31-17-13-21(14-18-31)19-34-25-12-11-24(29-30-25)22-7-9-23(10-8-22)26(33)32-15-5-6-16-32/h7-12,21H,3-6,13-20H2,1-2H3. The first-order chi connectivity index (χ1) is 16.5. The van der Waals surface area contributed by atoms with Gasteiger partial charge in [0, 0.05) is 36.8 Å². The van der Waals surface area contributed by atoms with Crippen LogP contribution in [0.25, 0.3) is 11.3 Å². The zero-order valence-corrected chi connectivity index (χ0v) is 20.5. The summed E-state index contributed by atoms with van der Waals surface area (Å²) < 4.78 is 20.6. The van der Waals surface area contributed by atoms with Crippen LogP contribution in [0.5, 0.6) is 5.88 Å². The molecule has 4 rings (SSSR count). The lowest BCUT2D eigenvalue weighted by molar-refractivity contribution is 0.0564. The Morgan fingerprint density at radius 3 is 2.26 bits per heavy atom. The number of benzene rings is 1. The minimum atomic E-state index is -1.07. The second-order valence-corrected chi connectivity index (χ2v) is 9.72. The van der Waals surface area contributed by atoms with Crippen molar-refractivity contribution in [2.75, 3.05) is 39.3 Å². The molecule has 0 aliphatic carbocycles. The topological polar surface area (TPSA) is 58.6 Å². The first-order valence-corrected chi connectivity index (χ1v) is 12.8. The highest BCUT2D eigenvalue weighted by Crippen LogP contribution is 2.26. The van der Waals surface area contributed by atoms with Gasteiger partial charge >= 0.3 is 0 Å². The molecule has 0 bridgehead atoms. The van der Waals surface area contributed by atoms with Gasteiger partial charge in [0.2, 0.25) is 5.88 Å². The van der Waals surface area contributed by atoms with E-state index >= 15 is 0 Å². The van der Waals surface area contributed by atoms with E-state index in [0.717, 1.165) is 63.1 Å². The first kappa shape index (κ1) is 24.6. The van der Waals surface area contributed by atoms with Crippen molar-refractivity contribution in [3.8, 4) is 17.1 Å². The van der Waals surface area contributed by atoms with Crippen molar-refractivity contribution in [2.45, 2.75) is 58.0 Å². The lowest BCUT2D eigenvalue weighted by Gasteiger charge is -2.36. The molecule has 2 aliphatic rings. The highest BCUT2D eigenvalue weighted by atomic mass is 19.1. The number of alkyl halides is 1. The molecule has 1 aromatic heterocycles. The Balaban J connectivity index is 1.24. The van der Waals surface area contributed by atoms with Gasteiger partial charge in [-0.25, -0.2) is 4.39 Å². The summed E-state index contributed by atoms with van der Waals surface area (Å²) in [6.45, 7) is 8.54. The molecule has 34 heavy (non-hydrogen) atoms. The van der Waals surface area contributed by atoms with Crippen molar-refractivity contribution < 1.29 is 13.9 Å². The molecule has 2 saturated heterocycles. The molecule has 0 atom stereocenters. The molecule has 0 N–H and O–H groups in total. The van der Waals surface area contributed by atoms with Gasteiger partial charge in [0.25, 0.3) is 5.91 Å². The van der Waals surface area contributed by atoms with Gasteiger partial charge in [-0.15, -0.1) is 10.2 Å². The number of aromatic nitrogens is 2. The van der Waals surface area contributed by atoms with Gasteiger partial charge < -0.3 is 14.5 Å². The molecule has 2 aliphatic heterocycles. The van der Waals surface area contributed by atoms with E-state index in [9.17, 15) is 9.18 Å². The molecule has 0 radical (unpaired) electrons. The van der Waals surface area contributed by atoms with Crippen LogP contribution in [-0.2, 0) is 0 Å². The summed E-state index contributed by atoms with van der Waals surface area (Å²) in [5.41, 5.74) is 1.32. The van der Waals surface area contributed by atoms with Crippen LogP contribution >= 0.6 is 0 Å². The van der Waals surface area contributed by atoms with Crippen molar-refractivity contribution in [3.05, 3.63) is 42.0 Å². The Kier molecular flexibility index (Phi) is 8.14. The number of hydrogen-bond donors (Lipinski definition) is 0. The Labute approximate surface area is 202 Å². The van der Waals surface area contributed by atoms with E-state index in [2.05, 4.69) is 15.1 Å². The zero-order chi connectivity index (χ0) is 24.0. The number of likely N-dealkylation sites (tertiary alicyclic amines) is 2. The van der Waals surface area contributed by atoms with Gasteiger partial charge in [-0.2, -0.15) is 0 Å². The van der Waals surface area contributed by atoms with Crippen LogP contribution in [0.4, 0.5) is 4.39 Å². The van der Waals surface area contributed by atoms with Crippen LogP contribution in [0.15, 0.2) is 36.4 Å². The van der Waals surface area contributed by atoms with E-state index in [1.165, 1.54) is 0 Å². The molecule has 184 valence electrons. The van der Waals surface area contributed by atoms with E-state index in [4.69, 9.17) is 4.74 Å². The third kappa shape index (κ3) is 6.12. The fourth-order valence-electron chi connectivity index (χ4n) is 4.83. The molecular formula is C27H37FN4O2. The second-order valence-electron chi connectivity index (χ2n) is 9.72. The molecular weight excluding hydrogens is 431 g/mol. The van der Waals surface area contributed by atoms with Crippen molar-refractivity contribution in [2.24, 2.45) is 5.92 Å². The highest BCUT2D eigenvalue weighted by Gasteiger charge is 2.30. The molecule has 2 fully saturated rings. The van der Waals surface area contributed by atoms with Gasteiger partial charge in [0.1, 0.15) is 5.67 Å². The minimum Gasteiger partial charge on any atom is -0.476 e. The third-order valence-corrected chi connectivity index (χ3v) is 7.41. The maximum Gasteiger partial charge on any atom is 0.253 e. The number of nitrogens with zero attached hydrogens (tertiary/aromatic N) is 4.